The molecule has 3 heterocycles. The molecule has 0 bridgehead atoms. The van der Waals surface area contributed by atoms with Gasteiger partial charge in [-0.1, -0.05) is 11.6 Å². The molecule has 162 valence electrons. The molecule has 0 amide bonds. The van der Waals surface area contributed by atoms with Crippen molar-refractivity contribution in [2.75, 3.05) is 14.1 Å². The van der Waals surface area contributed by atoms with Gasteiger partial charge in [-0.15, -0.1) is 11.3 Å². The number of carbonyl (C=O) groups excluding carboxylic acids is 1. The number of furan rings is 1. The first kappa shape index (κ1) is 21.6. The van der Waals surface area contributed by atoms with E-state index in [1.54, 1.807) is 22.9 Å². The summed E-state index contributed by atoms with van der Waals surface area (Å²) in [6.45, 7) is 1.68. The number of fused-ring (bicyclic) bond motifs is 1. The molecule has 1 aromatic carbocycles. The van der Waals surface area contributed by atoms with Crippen LogP contribution < -0.4 is 0 Å². The van der Waals surface area contributed by atoms with Crippen molar-refractivity contribution in [2.45, 2.75) is 18.6 Å². The average molecular weight is 480 g/mol. The number of esters is 1. The molecule has 0 saturated heterocycles. The Hall–Kier alpha value is -2.66. The Morgan fingerprint density at radius 2 is 1.94 bits per heavy atom. The van der Waals surface area contributed by atoms with Crippen molar-refractivity contribution in [2.24, 2.45) is 0 Å². The monoisotopic (exact) mass is 479 g/mol. The molecule has 0 N–H and O–H groups in total. The maximum absolute atomic E-state index is 12.6. The molecule has 0 spiro atoms. The summed E-state index contributed by atoms with van der Waals surface area (Å²) < 4.78 is 37.6. The van der Waals surface area contributed by atoms with E-state index in [1.165, 1.54) is 37.6 Å². The highest BCUT2D eigenvalue weighted by Crippen LogP contribution is 2.31. The van der Waals surface area contributed by atoms with Crippen LogP contribution in [0.3, 0.4) is 0 Å². The van der Waals surface area contributed by atoms with Crippen molar-refractivity contribution in [3.05, 3.63) is 63.8 Å². The van der Waals surface area contributed by atoms with Gasteiger partial charge in [0.1, 0.15) is 22.1 Å². The lowest BCUT2D eigenvalue weighted by Gasteiger charge is -2.07. The van der Waals surface area contributed by atoms with Crippen molar-refractivity contribution < 1.29 is 22.4 Å². The van der Waals surface area contributed by atoms with Gasteiger partial charge in [-0.25, -0.2) is 22.2 Å². The predicted molar refractivity (Wildman–Crippen MR) is 117 cm³/mol. The summed E-state index contributed by atoms with van der Waals surface area (Å²) in [6.07, 6.45) is 0. The first-order valence-corrected chi connectivity index (χ1v) is 11.7. The third-order valence-corrected chi connectivity index (χ3v) is 7.57. The second-order valence-corrected chi connectivity index (χ2v) is 10.4. The van der Waals surface area contributed by atoms with Crippen LogP contribution in [0.1, 0.15) is 21.1 Å². The van der Waals surface area contributed by atoms with Gasteiger partial charge >= 0.3 is 5.97 Å². The minimum atomic E-state index is -3.68. The van der Waals surface area contributed by atoms with Gasteiger partial charge in [0.05, 0.1) is 11.4 Å². The number of sulfonamides is 1. The fourth-order valence-electron chi connectivity index (χ4n) is 2.87. The van der Waals surface area contributed by atoms with Crippen LogP contribution in [0.2, 0.25) is 5.02 Å². The molecule has 3 aromatic heterocycles. The molecular weight excluding hydrogens is 462 g/mol. The standard InChI is InChI=1S/C20H18ClN3O5S2/c1-12-16-10-17(30-19(16)24(22-12)14-6-4-13(21)5-7-14)20(25)28-11-15-8-9-18(29-15)31(26,27)23(2)3/h4-10H,11H2,1-3H3. The smallest absolute Gasteiger partial charge is 0.348 e. The molecule has 0 atom stereocenters. The number of ether oxygens (including phenoxy) is 1. The highest BCUT2D eigenvalue weighted by atomic mass is 35.5. The maximum atomic E-state index is 12.6. The van der Waals surface area contributed by atoms with Crippen molar-refractivity contribution in [3.63, 3.8) is 0 Å². The lowest BCUT2D eigenvalue weighted by Crippen LogP contribution is -2.21. The van der Waals surface area contributed by atoms with Crippen molar-refractivity contribution in [1.29, 1.82) is 0 Å². The second-order valence-electron chi connectivity index (χ2n) is 6.89. The van der Waals surface area contributed by atoms with E-state index < -0.39 is 16.0 Å². The van der Waals surface area contributed by atoms with Gasteiger partial charge in [0.25, 0.3) is 10.0 Å². The quantitative estimate of drug-likeness (QED) is 0.384. The minimum absolute atomic E-state index is 0.182. The number of thiophene rings is 1. The maximum Gasteiger partial charge on any atom is 0.348 e. The number of carbonyl (C=O) groups is 1. The van der Waals surface area contributed by atoms with E-state index in [0.29, 0.717) is 9.90 Å². The summed E-state index contributed by atoms with van der Waals surface area (Å²) in [7, 11) is -0.867. The summed E-state index contributed by atoms with van der Waals surface area (Å²) in [5.74, 6) is -0.296. The van der Waals surface area contributed by atoms with Gasteiger partial charge < -0.3 is 9.15 Å². The van der Waals surface area contributed by atoms with E-state index >= 15 is 0 Å². The largest absolute Gasteiger partial charge is 0.453 e. The number of hydrogen-bond donors (Lipinski definition) is 0. The SMILES string of the molecule is Cc1nn(-c2ccc(Cl)cc2)c2sc(C(=O)OCc3ccc(S(=O)(=O)N(C)C)o3)cc12. The zero-order chi connectivity index (χ0) is 22.3. The fourth-order valence-corrected chi connectivity index (χ4v) is 4.88. The Morgan fingerprint density at radius 1 is 1.23 bits per heavy atom. The number of benzene rings is 1. The third kappa shape index (κ3) is 4.11. The van der Waals surface area contributed by atoms with E-state index in [-0.39, 0.29) is 17.5 Å². The van der Waals surface area contributed by atoms with Crippen LogP contribution in [0.15, 0.2) is 52.0 Å². The average Bonchev–Trinajstić information content (AvgIpc) is 3.44. The molecule has 0 saturated carbocycles. The molecule has 0 radical (unpaired) electrons. The first-order chi connectivity index (χ1) is 14.7. The van der Waals surface area contributed by atoms with Crippen LogP contribution in [0.5, 0.6) is 0 Å². The van der Waals surface area contributed by atoms with Crippen LogP contribution in [0, 0.1) is 6.92 Å². The Balaban J connectivity index is 1.53. The molecule has 4 rings (SSSR count). The van der Waals surface area contributed by atoms with Crippen LogP contribution >= 0.6 is 22.9 Å². The van der Waals surface area contributed by atoms with Crippen molar-refractivity contribution in [1.82, 2.24) is 14.1 Å². The zero-order valence-corrected chi connectivity index (χ0v) is 19.2. The van der Waals surface area contributed by atoms with Gasteiger partial charge in [0.2, 0.25) is 5.09 Å². The van der Waals surface area contributed by atoms with Gasteiger partial charge in [0, 0.05) is 24.5 Å². The van der Waals surface area contributed by atoms with Gasteiger partial charge in [-0.2, -0.15) is 5.10 Å². The van der Waals surface area contributed by atoms with Gasteiger partial charge in [0.15, 0.2) is 0 Å². The Morgan fingerprint density at radius 3 is 2.61 bits per heavy atom. The zero-order valence-electron chi connectivity index (χ0n) is 16.8. The predicted octanol–water partition coefficient (Wildman–Crippen LogP) is 4.25. The molecule has 11 heteroatoms. The third-order valence-electron chi connectivity index (χ3n) is 4.53. The summed E-state index contributed by atoms with van der Waals surface area (Å²) >= 11 is 7.22. The Labute approximate surface area is 187 Å². The normalized spacial score (nSPS) is 12.0. The van der Waals surface area contributed by atoms with E-state index in [0.717, 1.165) is 25.9 Å². The Kier molecular flexibility index (Phi) is 5.65. The number of halogens is 1. The highest BCUT2D eigenvalue weighted by Gasteiger charge is 2.22. The molecular formula is C20H18ClN3O5S2. The topological polar surface area (TPSA) is 94.6 Å². The summed E-state index contributed by atoms with van der Waals surface area (Å²) in [5.41, 5.74) is 1.61. The fraction of sp³-hybridized carbons (Fsp3) is 0.200. The van der Waals surface area contributed by atoms with E-state index in [1.807, 2.05) is 19.1 Å². The number of rotatable bonds is 6. The van der Waals surface area contributed by atoms with Crippen molar-refractivity contribution >= 4 is 49.1 Å². The summed E-state index contributed by atoms with van der Waals surface area (Å²) in [4.78, 5) is 13.8. The molecule has 0 aliphatic rings. The number of nitrogens with zero attached hydrogens (tertiary/aromatic N) is 3. The van der Waals surface area contributed by atoms with E-state index in [2.05, 4.69) is 5.10 Å². The van der Waals surface area contributed by atoms with E-state index in [9.17, 15) is 13.2 Å². The van der Waals surface area contributed by atoms with Crippen LogP contribution in [0.4, 0.5) is 0 Å². The molecule has 0 aliphatic heterocycles. The van der Waals surface area contributed by atoms with Crippen LogP contribution in [0.25, 0.3) is 15.9 Å². The van der Waals surface area contributed by atoms with Crippen LogP contribution in [-0.4, -0.2) is 42.6 Å². The summed E-state index contributed by atoms with van der Waals surface area (Å²) in [5, 5.41) is 5.81. The van der Waals surface area contributed by atoms with Gasteiger partial charge in [-0.3, -0.25) is 0 Å². The lowest BCUT2D eigenvalue weighted by atomic mass is 10.3. The van der Waals surface area contributed by atoms with Crippen LogP contribution in [-0.2, 0) is 21.4 Å². The summed E-state index contributed by atoms with van der Waals surface area (Å²) in [6, 6.07) is 11.8. The molecule has 4 aromatic rings. The lowest BCUT2D eigenvalue weighted by molar-refractivity contribution is 0.0446. The molecule has 0 aliphatic carbocycles. The molecule has 0 unspecified atom stereocenters. The number of aryl methyl sites for hydroxylation is 1. The highest BCUT2D eigenvalue weighted by molar-refractivity contribution is 7.88. The Bertz CT molecular complexity index is 1370. The molecule has 31 heavy (non-hydrogen) atoms. The first-order valence-electron chi connectivity index (χ1n) is 9.10. The molecule has 8 nitrogen and oxygen atoms in total. The molecule has 0 fully saturated rings. The van der Waals surface area contributed by atoms with Gasteiger partial charge in [-0.05, 0) is 49.4 Å². The minimum Gasteiger partial charge on any atom is -0.453 e. The number of aromatic nitrogens is 2. The second kappa shape index (κ2) is 8.12. The van der Waals surface area contributed by atoms with E-state index in [4.69, 9.17) is 20.8 Å². The number of hydrogen-bond acceptors (Lipinski definition) is 7. The van der Waals surface area contributed by atoms with Crippen molar-refractivity contribution in [3.8, 4) is 5.69 Å².